The van der Waals surface area contributed by atoms with Crippen LogP contribution in [0.5, 0.6) is 0 Å². The molecule has 1 saturated carbocycles. The SMILES string of the molecule is NC(=O)N1CC2CCCC2C1C(=O)n1nc(F)cc1F. The minimum atomic E-state index is -1.07. The molecule has 8 heteroatoms. The Balaban J connectivity index is 1.95. The summed E-state index contributed by atoms with van der Waals surface area (Å²) in [5, 5.41) is 3.21. The van der Waals surface area contributed by atoms with Crippen molar-refractivity contribution >= 4 is 11.9 Å². The van der Waals surface area contributed by atoms with Crippen LogP contribution in [0.3, 0.4) is 0 Å². The van der Waals surface area contributed by atoms with Crippen LogP contribution in [-0.4, -0.2) is 39.2 Å². The molecule has 3 atom stereocenters. The maximum Gasteiger partial charge on any atom is 0.315 e. The number of aromatic nitrogens is 2. The van der Waals surface area contributed by atoms with E-state index in [2.05, 4.69) is 5.10 Å². The highest BCUT2D eigenvalue weighted by atomic mass is 19.1. The molecule has 6 nitrogen and oxygen atoms in total. The number of primary amides is 1. The fraction of sp³-hybridized carbons (Fsp3) is 0.583. The van der Waals surface area contributed by atoms with Crippen LogP contribution in [0.2, 0.25) is 0 Å². The van der Waals surface area contributed by atoms with Crippen molar-refractivity contribution in [1.82, 2.24) is 14.7 Å². The number of halogens is 2. The fourth-order valence-corrected chi connectivity index (χ4v) is 3.46. The zero-order valence-electron chi connectivity index (χ0n) is 10.6. The molecule has 2 N–H and O–H groups in total. The Morgan fingerprint density at radius 1 is 1.35 bits per heavy atom. The monoisotopic (exact) mass is 284 g/mol. The first-order chi connectivity index (χ1) is 9.49. The molecule has 0 aromatic carbocycles. The number of nitrogens with zero attached hydrogens (tertiary/aromatic N) is 3. The Kier molecular flexibility index (Phi) is 2.95. The molecule has 3 unspecified atom stereocenters. The highest BCUT2D eigenvalue weighted by molar-refractivity contribution is 5.89. The molecule has 2 aliphatic rings. The van der Waals surface area contributed by atoms with Crippen LogP contribution < -0.4 is 5.73 Å². The normalized spacial score (nSPS) is 28.7. The predicted molar refractivity (Wildman–Crippen MR) is 63.7 cm³/mol. The molecular weight excluding hydrogens is 270 g/mol. The van der Waals surface area contributed by atoms with E-state index >= 15 is 0 Å². The van der Waals surface area contributed by atoms with Gasteiger partial charge in [0.05, 0.1) is 6.07 Å². The molecule has 2 heterocycles. The number of likely N-dealkylation sites (tertiary alicyclic amines) is 1. The van der Waals surface area contributed by atoms with E-state index in [9.17, 15) is 18.4 Å². The van der Waals surface area contributed by atoms with Gasteiger partial charge in [0, 0.05) is 6.54 Å². The molecule has 2 amide bonds. The number of hydrogen-bond donors (Lipinski definition) is 1. The molecule has 3 rings (SSSR count). The van der Waals surface area contributed by atoms with Gasteiger partial charge in [0.25, 0.3) is 5.91 Å². The molecule has 1 aliphatic carbocycles. The maximum absolute atomic E-state index is 13.5. The number of fused-ring (bicyclic) bond motifs is 1. The number of nitrogens with two attached hydrogens (primary N) is 1. The van der Waals surface area contributed by atoms with Gasteiger partial charge < -0.3 is 10.6 Å². The maximum atomic E-state index is 13.5. The van der Waals surface area contributed by atoms with E-state index < -0.39 is 29.9 Å². The van der Waals surface area contributed by atoms with Crippen molar-refractivity contribution < 1.29 is 18.4 Å². The third-order valence-corrected chi connectivity index (χ3v) is 4.27. The number of amides is 2. The predicted octanol–water partition coefficient (Wildman–Crippen LogP) is 0.981. The van der Waals surface area contributed by atoms with Gasteiger partial charge in [-0.05, 0) is 24.7 Å². The highest BCUT2D eigenvalue weighted by Gasteiger charge is 2.49. The summed E-state index contributed by atoms with van der Waals surface area (Å²) < 4.78 is 26.8. The second-order valence-electron chi connectivity index (χ2n) is 5.33. The minimum absolute atomic E-state index is 0.0540. The van der Waals surface area contributed by atoms with Crippen LogP contribution in [0.25, 0.3) is 0 Å². The average molecular weight is 284 g/mol. The van der Waals surface area contributed by atoms with Crippen molar-refractivity contribution in [1.29, 1.82) is 0 Å². The van der Waals surface area contributed by atoms with E-state index in [0.29, 0.717) is 17.3 Å². The van der Waals surface area contributed by atoms with Crippen LogP contribution in [0.15, 0.2) is 6.07 Å². The second kappa shape index (κ2) is 4.53. The topological polar surface area (TPSA) is 81.2 Å². The molecule has 1 aliphatic heterocycles. The van der Waals surface area contributed by atoms with Gasteiger partial charge in [0.1, 0.15) is 6.04 Å². The third kappa shape index (κ3) is 1.86. The molecule has 0 spiro atoms. The standard InChI is InChI=1S/C12H14F2N4O2/c13-8-4-9(14)18(16-8)11(19)10-7-3-1-2-6(7)5-17(10)12(15)20/h4,6-7,10H,1-3,5H2,(H2,15,20). The van der Waals surface area contributed by atoms with Crippen LogP contribution in [0.1, 0.15) is 24.1 Å². The van der Waals surface area contributed by atoms with E-state index in [4.69, 9.17) is 5.73 Å². The fourth-order valence-electron chi connectivity index (χ4n) is 3.46. The summed E-state index contributed by atoms with van der Waals surface area (Å²) >= 11 is 0. The number of rotatable bonds is 1. The van der Waals surface area contributed by atoms with Gasteiger partial charge in [0.2, 0.25) is 11.9 Å². The first kappa shape index (κ1) is 13.0. The largest absolute Gasteiger partial charge is 0.351 e. The van der Waals surface area contributed by atoms with Gasteiger partial charge >= 0.3 is 6.03 Å². The van der Waals surface area contributed by atoms with Crippen LogP contribution >= 0.6 is 0 Å². The summed E-state index contributed by atoms with van der Waals surface area (Å²) in [7, 11) is 0. The van der Waals surface area contributed by atoms with Crippen LogP contribution in [0.4, 0.5) is 13.6 Å². The van der Waals surface area contributed by atoms with Crippen molar-refractivity contribution in [2.24, 2.45) is 17.6 Å². The lowest BCUT2D eigenvalue weighted by Gasteiger charge is -2.24. The number of carbonyl (C=O) groups is 2. The van der Waals surface area contributed by atoms with E-state index in [0.717, 1.165) is 19.3 Å². The van der Waals surface area contributed by atoms with Crippen molar-refractivity contribution in [2.75, 3.05) is 6.54 Å². The summed E-state index contributed by atoms with van der Waals surface area (Å²) in [6, 6.07) is -1.03. The van der Waals surface area contributed by atoms with Crippen LogP contribution in [-0.2, 0) is 0 Å². The first-order valence-corrected chi connectivity index (χ1v) is 6.50. The summed E-state index contributed by atoms with van der Waals surface area (Å²) in [6.45, 7) is 0.391. The first-order valence-electron chi connectivity index (χ1n) is 6.50. The average Bonchev–Trinajstić information content (AvgIpc) is 3.01. The van der Waals surface area contributed by atoms with E-state index in [1.54, 1.807) is 0 Å². The van der Waals surface area contributed by atoms with Gasteiger partial charge in [-0.3, -0.25) is 4.79 Å². The lowest BCUT2D eigenvalue weighted by Crippen LogP contribution is -2.48. The Bertz CT molecular complexity index is 574. The lowest BCUT2D eigenvalue weighted by atomic mass is 9.93. The van der Waals surface area contributed by atoms with Gasteiger partial charge in [-0.2, -0.15) is 13.5 Å². The Hall–Kier alpha value is -1.99. The quantitative estimate of drug-likeness (QED) is 0.834. The summed E-state index contributed by atoms with van der Waals surface area (Å²) in [6.07, 6.45) is 2.64. The van der Waals surface area contributed by atoms with Crippen molar-refractivity contribution in [3.05, 3.63) is 18.0 Å². The molecule has 108 valence electrons. The molecule has 1 aromatic rings. The smallest absolute Gasteiger partial charge is 0.315 e. The summed E-state index contributed by atoms with van der Waals surface area (Å²) in [5.41, 5.74) is 5.29. The Morgan fingerprint density at radius 2 is 2.10 bits per heavy atom. The number of urea groups is 1. The van der Waals surface area contributed by atoms with Gasteiger partial charge in [-0.15, -0.1) is 5.10 Å². The van der Waals surface area contributed by atoms with E-state index in [-0.39, 0.29) is 11.8 Å². The van der Waals surface area contributed by atoms with Crippen molar-refractivity contribution in [2.45, 2.75) is 25.3 Å². The highest BCUT2D eigenvalue weighted by Crippen LogP contribution is 2.42. The number of carbonyl (C=O) groups excluding carboxylic acids is 2. The van der Waals surface area contributed by atoms with Gasteiger partial charge in [-0.25, -0.2) is 4.79 Å². The minimum Gasteiger partial charge on any atom is -0.351 e. The van der Waals surface area contributed by atoms with Gasteiger partial charge in [-0.1, -0.05) is 6.42 Å². The zero-order valence-corrected chi connectivity index (χ0v) is 10.6. The molecular formula is C12H14F2N4O2. The molecule has 2 fully saturated rings. The second-order valence-corrected chi connectivity index (χ2v) is 5.33. The third-order valence-electron chi connectivity index (χ3n) is 4.27. The Labute approximate surface area is 113 Å². The molecule has 1 aromatic heterocycles. The van der Waals surface area contributed by atoms with Crippen molar-refractivity contribution in [3.8, 4) is 0 Å². The summed E-state index contributed by atoms with van der Waals surface area (Å²) in [4.78, 5) is 25.1. The molecule has 20 heavy (non-hydrogen) atoms. The Morgan fingerprint density at radius 3 is 2.70 bits per heavy atom. The van der Waals surface area contributed by atoms with E-state index in [1.807, 2.05) is 0 Å². The van der Waals surface area contributed by atoms with Crippen LogP contribution in [0, 0.1) is 23.7 Å². The summed E-state index contributed by atoms with van der Waals surface area (Å²) in [5.74, 6) is -2.73. The molecule has 0 bridgehead atoms. The lowest BCUT2D eigenvalue weighted by molar-refractivity contribution is 0.0733. The molecule has 0 radical (unpaired) electrons. The van der Waals surface area contributed by atoms with Gasteiger partial charge in [0.15, 0.2) is 0 Å². The zero-order chi connectivity index (χ0) is 14.4. The molecule has 1 saturated heterocycles. The van der Waals surface area contributed by atoms with E-state index in [1.165, 1.54) is 4.90 Å². The van der Waals surface area contributed by atoms with Crippen molar-refractivity contribution in [3.63, 3.8) is 0 Å². The number of hydrogen-bond acceptors (Lipinski definition) is 3.